The van der Waals surface area contributed by atoms with Crippen LogP contribution < -0.4 is 5.32 Å². The van der Waals surface area contributed by atoms with Crippen molar-refractivity contribution in [1.82, 2.24) is 10.2 Å². The van der Waals surface area contributed by atoms with Gasteiger partial charge in [0.15, 0.2) is 0 Å². The summed E-state index contributed by atoms with van der Waals surface area (Å²) in [6, 6.07) is 1.67. The molecule has 2 saturated carbocycles. The van der Waals surface area contributed by atoms with Gasteiger partial charge >= 0.3 is 0 Å². The van der Waals surface area contributed by atoms with Gasteiger partial charge in [0, 0.05) is 31.7 Å². The van der Waals surface area contributed by atoms with Crippen molar-refractivity contribution < 1.29 is 0 Å². The second-order valence-corrected chi connectivity index (χ2v) is 6.09. The number of nitrogens with zero attached hydrogens (tertiary/aromatic N) is 1. The van der Waals surface area contributed by atoms with Gasteiger partial charge in [0.05, 0.1) is 0 Å². The van der Waals surface area contributed by atoms with Crippen LogP contribution in [0.3, 0.4) is 0 Å². The fraction of sp³-hybridized carbons (Fsp3) is 1.00. The van der Waals surface area contributed by atoms with Crippen LogP contribution in [-0.4, -0.2) is 36.6 Å². The summed E-state index contributed by atoms with van der Waals surface area (Å²) >= 11 is 0. The first-order chi connectivity index (χ1) is 7.29. The normalized spacial score (nSPS) is 37.0. The first-order valence-corrected chi connectivity index (χ1v) is 6.76. The predicted molar refractivity (Wildman–Crippen MR) is 63.0 cm³/mol. The summed E-state index contributed by atoms with van der Waals surface area (Å²) in [4.78, 5) is 2.83. The van der Waals surface area contributed by atoms with Crippen LogP contribution in [-0.2, 0) is 0 Å². The van der Waals surface area contributed by atoms with Crippen molar-refractivity contribution in [2.75, 3.05) is 19.6 Å². The van der Waals surface area contributed by atoms with Gasteiger partial charge < -0.3 is 5.32 Å². The monoisotopic (exact) mass is 208 g/mol. The molecule has 3 fully saturated rings. The van der Waals surface area contributed by atoms with Gasteiger partial charge in [-0.1, -0.05) is 12.8 Å². The minimum Gasteiger partial charge on any atom is -0.315 e. The van der Waals surface area contributed by atoms with Crippen LogP contribution in [0.15, 0.2) is 0 Å². The van der Waals surface area contributed by atoms with E-state index in [2.05, 4.69) is 17.1 Å². The minimum absolute atomic E-state index is 0.688. The molecule has 0 aromatic carbocycles. The van der Waals surface area contributed by atoms with Crippen LogP contribution >= 0.6 is 0 Å². The van der Waals surface area contributed by atoms with Crippen molar-refractivity contribution in [3.8, 4) is 0 Å². The smallest absolute Gasteiger partial charge is 0.0195 e. The molecule has 0 radical (unpaired) electrons. The molecular weight excluding hydrogens is 184 g/mol. The Balaban J connectivity index is 1.71. The maximum atomic E-state index is 3.66. The lowest BCUT2D eigenvalue weighted by molar-refractivity contribution is 0.133. The molecule has 3 aliphatic rings. The molecule has 1 heterocycles. The third-order valence-electron chi connectivity index (χ3n) is 4.77. The lowest BCUT2D eigenvalue weighted by Gasteiger charge is -2.34. The van der Waals surface area contributed by atoms with Gasteiger partial charge in [0.2, 0.25) is 0 Å². The Bertz CT molecular complexity index is 229. The fourth-order valence-corrected chi connectivity index (χ4v) is 3.50. The highest BCUT2D eigenvalue weighted by atomic mass is 15.2. The zero-order chi connectivity index (χ0) is 10.3. The number of hydrogen-bond donors (Lipinski definition) is 1. The summed E-state index contributed by atoms with van der Waals surface area (Å²) in [7, 11) is 0. The SMILES string of the molecule is CC1CNCC2(CC2)CN1C1CCCC1. The Morgan fingerprint density at radius 3 is 2.60 bits per heavy atom. The number of hydrogen-bond acceptors (Lipinski definition) is 2. The Hall–Kier alpha value is -0.0800. The molecule has 15 heavy (non-hydrogen) atoms. The van der Waals surface area contributed by atoms with Crippen LogP contribution in [0.5, 0.6) is 0 Å². The average Bonchev–Trinajstić information content (AvgIpc) is 2.83. The zero-order valence-corrected chi connectivity index (χ0v) is 9.97. The van der Waals surface area contributed by atoms with E-state index in [0.717, 1.165) is 12.1 Å². The van der Waals surface area contributed by atoms with Gasteiger partial charge in [-0.25, -0.2) is 0 Å². The molecule has 0 aromatic heterocycles. The Morgan fingerprint density at radius 1 is 1.20 bits per heavy atom. The summed E-state index contributed by atoms with van der Waals surface area (Å²) < 4.78 is 0. The Morgan fingerprint density at radius 2 is 1.93 bits per heavy atom. The highest BCUT2D eigenvalue weighted by Gasteiger charge is 2.46. The van der Waals surface area contributed by atoms with Crippen LogP contribution in [0.4, 0.5) is 0 Å². The second-order valence-electron chi connectivity index (χ2n) is 6.09. The quantitative estimate of drug-likeness (QED) is 0.709. The number of rotatable bonds is 1. The van der Waals surface area contributed by atoms with E-state index >= 15 is 0 Å². The molecule has 0 amide bonds. The fourth-order valence-electron chi connectivity index (χ4n) is 3.50. The summed E-state index contributed by atoms with van der Waals surface area (Å²) in [5.74, 6) is 0. The maximum absolute atomic E-state index is 3.66. The molecule has 1 aliphatic heterocycles. The Kier molecular flexibility index (Phi) is 2.52. The number of nitrogens with one attached hydrogen (secondary N) is 1. The van der Waals surface area contributed by atoms with Gasteiger partial charge in [-0.3, -0.25) is 4.90 Å². The van der Waals surface area contributed by atoms with Crippen molar-refractivity contribution in [3.05, 3.63) is 0 Å². The lowest BCUT2D eigenvalue weighted by Crippen LogP contribution is -2.44. The van der Waals surface area contributed by atoms with Crippen molar-refractivity contribution in [2.45, 2.75) is 57.5 Å². The molecule has 0 aromatic rings. The largest absolute Gasteiger partial charge is 0.315 e. The lowest BCUT2D eigenvalue weighted by atomic mass is 10.0. The van der Waals surface area contributed by atoms with E-state index in [4.69, 9.17) is 0 Å². The first-order valence-electron chi connectivity index (χ1n) is 6.76. The van der Waals surface area contributed by atoms with E-state index in [-0.39, 0.29) is 0 Å². The molecule has 2 aliphatic carbocycles. The van der Waals surface area contributed by atoms with Gasteiger partial charge in [0.1, 0.15) is 0 Å². The molecule has 2 nitrogen and oxygen atoms in total. The topological polar surface area (TPSA) is 15.3 Å². The van der Waals surface area contributed by atoms with E-state index in [1.807, 2.05) is 0 Å². The van der Waals surface area contributed by atoms with Crippen molar-refractivity contribution >= 4 is 0 Å². The van der Waals surface area contributed by atoms with Gasteiger partial charge in [-0.05, 0) is 38.0 Å². The highest BCUT2D eigenvalue weighted by Crippen LogP contribution is 2.47. The molecule has 1 unspecified atom stereocenters. The summed E-state index contributed by atoms with van der Waals surface area (Å²) in [5.41, 5.74) is 0.688. The van der Waals surface area contributed by atoms with E-state index in [0.29, 0.717) is 5.41 Å². The van der Waals surface area contributed by atoms with Crippen molar-refractivity contribution in [1.29, 1.82) is 0 Å². The predicted octanol–water partition coefficient (Wildman–Crippen LogP) is 2.00. The van der Waals surface area contributed by atoms with E-state index < -0.39 is 0 Å². The molecule has 86 valence electrons. The minimum atomic E-state index is 0.688. The highest BCUT2D eigenvalue weighted by molar-refractivity contribution is 5.01. The second kappa shape index (κ2) is 3.74. The standard InChI is InChI=1S/C13H24N2/c1-11-8-14-9-13(6-7-13)10-15(11)12-4-2-3-5-12/h11-12,14H,2-10H2,1H3. The van der Waals surface area contributed by atoms with E-state index in [1.54, 1.807) is 0 Å². The van der Waals surface area contributed by atoms with Crippen molar-refractivity contribution in [3.63, 3.8) is 0 Å². The van der Waals surface area contributed by atoms with Crippen LogP contribution in [0.25, 0.3) is 0 Å². The zero-order valence-electron chi connectivity index (χ0n) is 9.97. The summed E-state index contributed by atoms with van der Waals surface area (Å²) in [6.45, 7) is 6.28. The third-order valence-corrected chi connectivity index (χ3v) is 4.77. The average molecular weight is 208 g/mol. The molecule has 3 rings (SSSR count). The van der Waals surface area contributed by atoms with E-state index in [1.165, 1.54) is 58.2 Å². The van der Waals surface area contributed by atoms with Gasteiger partial charge in [-0.2, -0.15) is 0 Å². The molecule has 1 spiro atoms. The van der Waals surface area contributed by atoms with Crippen LogP contribution in [0.2, 0.25) is 0 Å². The third kappa shape index (κ3) is 1.94. The van der Waals surface area contributed by atoms with Crippen molar-refractivity contribution in [2.24, 2.45) is 5.41 Å². The maximum Gasteiger partial charge on any atom is 0.0195 e. The Labute approximate surface area is 93.4 Å². The summed E-state index contributed by atoms with van der Waals surface area (Å²) in [6.07, 6.45) is 8.79. The first kappa shape index (κ1) is 10.1. The van der Waals surface area contributed by atoms with E-state index in [9.17, 15) is 0 Å². The molecular formula is C13H24N2. The van der Waals surface area contributed by atoms with Gasteiger partial charge in [-0.15, -0.1) is 0 Å². The molecule has 2 heteroatoms. The van der Waals surface area contributed by atoms with Crippen LogP contribution in [0, 0.1) is 5.41 Å². The van der Waals surface area contributed by atoms with Crippen LogP contribution in [0.1, 0.15) is 45.4 Å². The molecule has 1 N–H and O–H groups in total. The van der Waals surface area contributed by atoms with Gasteiger partial charge in [0.25, 0.3) is 0 Å². The summed E-state index contributed by atoms with van der Waals surface area (Å²) in [5, 5.41) is 3.66. The molecule has 1 atom stereocenters. The molecule has 0 bridgehead atoms. The molecule has 1 saturated heterocycles.